The van der Waals surface area contributed by atoms with Crippen molar-refractivity contribution in [2.75, 3.05) is 11.9 Å². The van der Waals surface area contributed by atoms with Crippen molar-refractivity contribution in [2.24, 2.45) is 5.92 Å². The number of benzene rings is 1. The van der Waals surface area contributed by atoms with E-state index in [4.69, 9.17) is 23.2 Å². The maximum Gasteiger partial charge on any atom is 0.253 e. The van der Waals surface area contributed by atoms with Crippen LogP contribution >= 0.6 is 23.2 Å². The molecule has 4 nitrogen and oxygen atoms in total. The van der Waals surface area contributed by atoms with E-state index in [-0.39, 0.29) is 17.8 Å². The fourth-order valence-corrected chi connectivity index (χ4v) is 3.61. The Morgan fingerprint density at radius 3 is 2.59 bits per heavy atom. The normalized spacial score (nSPS) is 19.6. The largest absolute Gasteiger partial charge is 0.367 e. The molecule has 3 rings (SSSR count). The van der Waals surface area contributed by atoms with Crippen molar-refractivity contribution < 1.29 is 13.6 Å². The minimum atomic E-state index is -0.700. The maximum absolute atomic E-state index is 13.6. The average molecular weight is 414 g/mol. The fraction of sp³-hybridized carbons (Fsp3) is 0.368. The minimum Gasteiger partial charge on any atom is -0.367 e. The summed E-state index contributed by atoms with van der Waals surface area (Å²) in [5, 5.41) is 6.75. The van der Waals surface area contributed by atoms with Gasteiger partial charge in [0.15, 0.2) is 11.6 Å². The lowest BCUT2D eigenvalue weighted by Crippen LogP contribution is -2.38. The van der Waals surface area contributed by atoms with E-state index in [9.17, 15) is 13.6 Å². The maximum atomic E-state index is 13.6. The van der Waals surface area contributed by atoms with Crippen molar-refractivity contribution in [3.05, 3.63) is 57.7 Å². The van der Waals surface area contributed by atoms with Crippen LogP contribution in [0, 0.1) is 17.6 Å². The lowest BCUT2D eigenvalue weighted by atomic mass is 9.86. The smallest absolute Gasteiger partial charge is 0.253 e. The third-order valence-electron chi connectivity index (χ3n) is 4.72. The highest BCUT2D eigenvalue weighted by molar-refractivity contribution is 6.35. The summed E-state index contributed by atoms with van der Waals surface area (Å²) in [6.07, 6.45) is 4.37. The van der Waals surface area contributed by atoms with Gasteiger partial charge >= 0.3 is 0 Å². The van der Waals surface area contributed by atoms with Crippen LogP contribution in [0.5, 0.6) is 0 Å². The van der Waals surface area contributed by atoms with Crippen molar-refractivity contribution in [1.29, 1.82) is 0 Å². The van der Waals surface area contributed by atoms with Gasteiger partial charge in [-0.25, -0.2) is 13.8 Å². The SMILES string of the molecule is O=C(N[C@H]1CC[C@H](CNc2ncc(F)cc2F)CC1)c1cc(Cl)ccc1Cl. The molecule has 8 heteroatoms. The van der Waals surface area contributed by atoms with E-state index in [1.54, 1.807) is 18.2 Å². The second kappa shape index (κ2) is 8.85. The molecule has 1 amide bonds. The van der Waals surface area contributed by atoms with Crippen molar-refractivity contribution in [3.8, 4) is 0 Å². The molecule has 1 aromatic heterocycles. The van der Waals surface area contributed by atoms with E-state index < -0.39 is 11.6 Å². The van der Waals surface area contributed by atoms with E-state index in [1.165, 1.54) is 0 Å². The Morgan fingerprint density at radius 2 is 1.89 bits per heavy atom. The van der Waals surface area contributed by atoms with Crippen molar-refractivity contribution >= 4 is 34.9 Å². The number of hydrogen-bond acceptors (Lipinski definition) is 3. The fourth-order valence-electron chi connectivity index (χ4n) is 3.23. The lowest BCUT2D eigenvalue weighted by molar-refractivity contribution is 0.0923. The molecule has 0 saturated heterocycles. The topological polar surface area (TPSA) is 54.0 Å². The van der Waals surface area contributed by atoms with Gasteiger partial charge in [0, 0.05) is 23.7 Å². The Labute approximate surface area is 166 Å². The zero-order chi connectivity index (χ0) is 19.4. The lowest BCUT2D eigenvalue weighted by Gasteiger charge is -2.29. The highest BCUT2D eigenvalue weighted by atomic mass is 35.5. The van der Waals surface area contributed by atoms with Gasteiger partial charge in [0.1, 0.15) is 5.82 Å². The van der Waals surface area contributed by atoms with Gasteiger partial charge in [0.05, 0.1) is 16.8 Å². The Bertz CT molecular complexity index is 827. The van der Waals surface area contributed by atoms with Gasteiger partial charge in [-0.2, -0.15) is 0 Å². The summed E-state index contributed by atoms with van der Waals surface area (Å²) in [5.41, 5.74) is 0.366. The molecule has 0 spiro atoms. The van der Waals surface area contributed by atoms with Gasteiger partial charge in [-0.3, -0.25) is 4.79 Å². The molecule has 1 aromatic carbocycles. The first kappa shape index (κ1) is 19.8. The molecule has 1 fully saturated rings. The number of pyridine rings is 1. The summed E-state index contributed by atoms with van der Waals surface area (Å²) in [6, 6.07) is 5.66. The van der Waals surface area contributed by atoms with Gasteiger partial charge in [-0.1, -0.05) is 23.2 Å². The second-order valence-electron chi connectivity index (χ2n) is 6.68. The zero-order valence-corrected chi connectivity index (χ0v) is 16.0. The number of nitrogens with zero attached hydrogens (tertiary/aromatic N) is 1. The molecule has 0 radical (unpaired) electrons. The molecule has 1 saturated carbocycles. The van der Waals surface area contributed by atoms with Gasteiger partial charge < -0.3 is 10.6 Å². The monoisotopic (exact) mass is 413 g/mol. The Hall–Kier alpha value is -1.92. The number of carbonyl (C=O) groups excluding carboxylic acids is 1. The molecule has 144 valence electrons. The first-order valence-electron chi connectivity index (χ1n) is 8.73. The van der Waals surface area contributed by atoms with Gasteiger partial charge in [-0.05, 0) is 49.8 Å². The molecule has 0 unspecified atom stereocenters. The van der Waals surface area contributed by atoms with E-state index >= 15 is 0 Å². The van der Waals surface area contributed by atoms with Crippen LogP contribution in [-0.4, -0.2) is 23.5 Å². The molecule has 1 aliphatic rings. The zero-order valence-electron chi connectivity index (χ0n) is 14.4. The first-order valence-corrected chi connectivity index (χ1v) is 9.49. The van der Waals surface area contributed by atoms with Crippen molar-refractivity contribution in [3.63, 3.8) is 0 Å². The van der Waals surface area contributed by atoms with Crippen LogP contribution in [0.25, 0.3) is 0 Å². The van der Waals surface area contributed by atoms with E-state index in [2.05, 4.69) is 15.6 Å². The molecule has 2 aromatic rings. The number of amides is 1. The Balaban J connectivity index is 1.47. The number of anilines is 1. The molecule has 1 heterocycles. The molecule has 2 N–H and O–H groups in total. The highest BCUT2D eigenvalue weighted by Gasteiger charge is 2.24. The van der Waals surface area contributed by atoms with E-state index in [0.29, 0.717) is 28.1 Å². The number of halogens is 4. The van der Waals surface area contributed by atoms with E-state index in [0.717, 1.165) is 37.9 Å². The van der Waals surface area contributed by atoms with Gasteiger partial charge in [0.2, 0.25) is 0 Å². The quantitative estimate of drug-likeness (QED) is 0.719. The molecule has 0 bridgehead atoms. The van der Waals surface area contributed by atoms with Crippen molar-refractivity contribution in [2.45, 2.75) is 31.7 Å². The summed E-state index contributed by atoms with van der Waals surface area (Å²) in [6.45, 7) is 0.552. The first-order chi connectivity index (χ1) is 12.9. The predicted octanol–water partition coefficient (Wildman–Crippen LogP) is 5.07. The summed E-state index contributed by atoms with van der Waals surface area (Å²) in [4.78, 5) is 16.1. The molecule has 0 aliphatic heterocycles. The van der Waals surface area contributed by atoms with Crippen LogP contribution in [0.3, 0.4) is 0 Å². The van der Waals surface area contributed by atoms with Crippen molar-refractivity contribution in [1.82, 2.24) is 10.3 Å². The summed E-state index contributed by atoms with van der Waals surface area (Å²) in [7, 11) is 0. The molecule has 1 aliphatic carbocycles. The third-order valence-corrected chi connectivity index (χ3v) is 5.29. The highest BCUT2D eigenvalue weighted by Crippen LogP contribution is 2.26. The average Bonchev–Trinajstić information content (AvgIpc) is 2.64. The minimum absolute atomic E-state index is 0.0578. The summed E-state index contributed by atoms with van der Waals surface area (Å²) < 4.78 is 26.5. The van der Waals surface area contributed by atoms with Crippen LogP contribution in [-0.2, 0) is 0 Å². The molecular formula is C19H19Cl2F2N3O. The number of nitrogens with one attached hydrogen (secondary N) is 2. The predicted molar refractivity (Wildman–Crippen MR) is 102 cm³/mol. The molecule has 0 atom stereocenters. The molecular weight excluding hydrogens is 395 g/mol. The number of carbonyl (C=O) groups is 1. The van der Waals surface area contributed by atoms with Gasteiger partial charge in [-0.15, -0.1) is 0 Å². The second-order valence-corrected chi connectivity index (χ2v) is 7.52. The summed E-state index contributed by atoms with van der Waals surface area (Å²) in [5.74, 6) is -1.24. The van der Waals surface area contributed by atoms with E-state index in [1.807, 2.05) is 0 Å². The number of hydrogen-bond donors (Lipinski definition) is 2. The number of rotatable bonds is 5. The Kier molecular flexibility index (Phi) is 6.50. The standard InChI is InChI=1S/C19H19Cl2F2N3O/c20-12-3-6-16(21)15(7-12)19(27)26-14-4-1-11(2-5-14)9-24-18-17(23)8-13(22)10-25-18/h3,6-8,10-11,14H,1-2,4-5,9H2,(H,24,25)(H,26,27)/t11-,14-. The van der Waals surface area contributed by atoms with Crippen LogP contribution in [0.1, 0.15) is 36.0 Å². The number of aromatic nitrogens is 1. The third kappa shape index (κ3) is 5.30. The van der Waals surface area contributed by atoms with Crippen LogP contribution in [0.4, 0.5) is 14.6 Å². The van der Waals surface area contributed by atoms with Crippen LogP contribution in [0.15, 0.2) is 30.5 Å². The molecule has 27 heavy (non-hydrogen) atoms. The summed E-state index contributed by atoms with van der Waals surface area (Å²) >= 11 is 12.0. The Morgan fingerprint density at radius 1 is 1.15 bits per heavy atom. The van der Waals surface area contributed by atoms with Crippen LogP contribution < -0.4 is 10.6 Å². The van der Waals surface area contributed by atoms with Crippen LogP contribution in [0.2, 0.25) is 10.0 Å². The van der Waals surface area contributed by atoms with Gasteiger partial charge in [0.25, 0.3) is 5.91 Å².